The molecule has 1 heterocycles. The second kappa shape index (κ2) is 6.21. The molecule has 0 amide bonds. The van der Waals surface area contributed by atoms with E-state index in [0.29, 0.717) is 0 Å². The molecule has 0 bridgehead atoms. The van der Waals surface area contributed by atoms with Crippen molar-refractivity contribution in [2.45, 2.75) is 19.6 Å². The number of ether oxygens (including phenoxy) is 1. The minimum atomic E-state index is -2.80. The maximum absolute atomic E-state index is 12.0. The van der Waals surface area contributed by atoms with Crippen molar-refractivity contribution in [2.24, 2.45) is 0 Å². The number of nitrogens with one attached hydrogen (secondary N) is 1. The highest BCUT2D eigenvalue weighted by Crippen LogP contribution is 2.27. The lowest BCUT2D eigenvalue weighted by Crippen LogP contribution is -2.06. The van der Waals surface area contributed by atoms with Crippen LogP contribution < -0.4 is 10.1 Å². The molecule has 1 atom stereocenters. The van der Waals surface area contributed by atoms with E-state index in [-0.39, 0.29) is 11.8 Å². The van der Waals surface area contributed by atoms with Crippen LogP contribution in [0.15, 0.2) is 35.7 Å². The lowest BCUT2D eigenvalue weighted by atomic mass is 10.1. The first-order valence-electron chi connectivity index (χ1n) is 5.60. The number of halogens is 3. The van der Waals surface area contributed by atoms with Crippen molar-refractivity contribution in [3.8, 4) is 5.75 Å². The third-order valence-electron chi connectivity index (χ3n) is 2.55. The molecule has 0 aliphatic carbocycles. The first-order valence-corrected chi connectivity index (χ1v) is 6.85. The summed E-state index contributed by atoms with van der Waals surface area (Å²) in [4.78, 5) is 0. The Balaban J connectivity index is 1.99. The standard InChI is InChI=1S/C13H12ClF2NOS/c1-8(9-6-12(14)19-7-9)17-10-2-4-11(5-3-10)18-13(15)16/h2-8,13,17H,1H3. The van der Waals surface area contributed by atoms with E-state index in [1.54, 1.807) is 12.1 Å². The summed E-state index contributed by atoms with van der Waals surface area (Å²) in [5, 5.41) is 5.24. The fraction of sp³-hybridized carbons (Fsp3) is 0.231. The molecule has 1 aromatic heterocycles. The number of rotatable bonds is 5. The number of hydrogen-bond acceptors (Lipinski definition) is 3. The van der Waals surface area contributed by atoms with Crippen molar-refractivity contribution >= 4 is 28.6 Å². The first kappa shape index (κ1) is 14.1. The van der Waals surface area contributed by atoms with Crippen LogP contribution >= 0.6 is 22.9 Å². The maximum Gasteiger partial charge on any atom is 0.387 e. The molecule has 1 aromatic carbocycles. The van der Waals surface area contributed by atoms with E-state index in [0.717, 1.165) is 15.6 Å². The number of hydrogen-bond donors (Lipinski definition) is 1. The Morgan fingerprint density at radius 1 is 1.26 bits per heavy atom. The summed E-state index contributed by atoms with van der Waals surface area (Å²) < 4.78 is 29.0. The summed E-state index contributed by atoms with van der Waals surface area (Å²) in [6, 6.07) is 8.39. The number of benzene rings is 1. The molecule has 0 aliphatic heterocycles. The van der Waals surface area contributed by atoms with Gasteiger partial charge in [0.2, 0.25) is 0 Å². The van der Waals surface area contributed by atoms with Crippen LogP contribution in [0.4, 0.5) is 14.5 Å². The highest BCUT2D eigenvalue weighted by Gasteiger charge is 2.08. The number of anilines is 1. The third-order valence-corrected chi connectivity index (χ3v) is 3.66. The van der Waals surface area contributed by atoms with Gasteiger partial charge >= 0.3 is 6.61 Å². The lowest BCUT2D eigenvalue weighted by molar-refractivity contribution is -0.0498. The SMILES string of the molecule is CC(Nc1ccc(OC(F)F)cc1)c1csc(Cl)c1. The predicted molar refractivity (Wildman–Crippen MR) is 74.4 cm³/mol. The molecule has 6 heteroatoms. The topological polar surface area (TPSA) is 21.3 Å². The zero-order chi connectivity index (χ0) is 13.8. The van der Waals surface area contributed by atoms with Crippen molar-refractivity contribution in [3.63, 3.8) is 0 Å². The van der Waals surface area contributed by atoms with Crippen LogP contribution in [0.25, 0.3) is 0 Å². The van der Waals surface area contributed by atoms with E-state index >= 15 is 0 Å². The van der Waals surface area contributed by atoms with Gasteiger partial charge in [0.1, 0.15) is 5.75 Å². The van der Waals surface area contributed by atoms with Crippen molar-refractivity contribution in [3.05, 3.63) is 45.6 Å². The summed E-state index contributed by atoms with van der Waals surface area (Å²) in [5.74, 6) is 0.145. The van der Waals surface area contributed by atoms with Crippen LogP contribution in [-0.2, 0) is 0 Å². The lowest BCUT2D eigenvalue weighted by Gasteiger charge is -2.14. The van der Waals surface area contributed by atoms with Gasteiger partial charge in [-0.3, -0.25) is 0 Å². The van der Waals surface area contributed by atoms with Crippen LogP contribution in [0.3, 0.4) is 0 Å². The number of thiophene rings is 1. The molecular weight excluding hydrogens is 292 g/mol. The molecule has 19 heavy (non-hydrogen) atoms. The molecule has 102 valence electrons. The fourth-order valence-corrected chi connectivity index (χ4v) is 2.60. The van der Waals surface area contributed by atoms with E-state index in [1.165, 1.54) is 23.5 Å². The van der Waals surface area contributed by atoms with Crippen LogP contribution in [0.1, 0.15) is 18.5 Å². The highest BCUT2D eigenvalue weighted by atomic mass is 35.5. The Bertz CT molecular complexity index is 530. The molecule has 2 nitrogen and oxygen atoms in total. The summed E-state index contributed by atoms with van der Waals surface area (Å²) >= 11 is 7.35. The van der Waals surface area contributed by atoms with Crippen LogP contribution in [0.5, 0.6) is 5.75 Å². The van der Waals surface area contributed by atoms with Gasteiger partial charge in [0.15, 0.2) is 0 Å². The van der Waals surface area contributed by atoms with Crippen LogP contribution in [-0.4, -0.2) is 6.61 Å². The van der Waals surface area contributed by atoms with Crippen LogP contribution in [0.2, 0.25) is 4.34 Å². The summed E-state index contributed by atoms with van der Waals surface area (Å²) in [6.07, 6.45) is 0. The van der Waals surface area contributed by atoms with Gasteiger partial charge in [0.05, 0.1) is 4.34 Å². The van der Waals surface area contributed by atoms with Crippen LogP contribution in [0, 0.1) is 0 Å². The molecule has 1 unspecified atom stereocenters. The average Bonchev–Trinajstić information content (AvgIpc) is 2.78. The summed E-state index contributed by atoms with van der Waals surface area (Å²) in [6.45, 7) is -0.798. The monoisotopic (exact) mass is 303 g/mol. The van der Waals surface area contributed by atoms with Gasteiger partial charge < -0.3 is 10.1 Å². The van der Waals surface area contributed by atoms with Crippen molar-refractivity contribution in [2.75, 3.05) is 5.32 Å². The van der Waals surface area contributed by atoms with Gasteiger partial charge in [0, 0.05) is 11.7 Å². The zero-order valence-electron chi connectivity index (χ0n) is 10.1. The second-order valence-corrected chi connectivity index (χ2v) is 5.50. The molecule has 1 N–H and O–H groups in total. The summed E-state index contributed by atoms with van der Waals surface area (Å²) in [5.41, 5.74) is 1.92. The molecule has 2 aromatic rings. The highest BCUT2D eigenvalue weighted by molar-refractivity contribution is 7.14. The Kier molecular flexibility index (Phi) is 4.61. The predicted octanol–water partition coefficient (Wildman–Crippen LogP) is 5.18. The summed E-state index contributed by atoms with van der Waals surface area (Å²) in [7, 11) is 0. The molecule has 0 saturated carbocycles. The van der Waals surface area contributed by atoms with Gasteiger partial charge in [-0.1, -0.05) is 11.6 Å². The zero-order valence-corrected chi connectivity index (χ0v) is 11.6. The van der Waals surface area contributed by atoms with Crippen molar-refractivity contribution < 1.29 is 13.5 Å². The van der Waals surface area contributed by atoms with E-state index in [2.05, 4.69) is 10.1 Å². The Morgan fingerprint density at radius 2 is 1.95 bits per heavy atom. The van der Waals surface area contributed by atoms with Crippen molar-refractivity contribution in [1.29, 1.82) is 0 Å². The molecule has 0 fully saturated rings. The smallest absolute Gasteiger partial charge is 0.387 e. The fourth-order valence-electron chi connectivity index (χ4n) is 1.62. The Morgan fingerprint density at radius 3 is 2.47 bits per heavy atom. The van der Waals surface area contributed by atoms with Gasteiger partial charge in [-0.2, -0.15) is 8.78 Å². The minimum absolute atomic E-state index is 0.0885. The van der Waals surface area contributed by atoms with Gasteiger partial charge in [0.25, 0.3) is 0 Å². The van der Waals surface area contributed by atoms with E-state index in [9.17, 15) is 8.78 Å². The average molecular weight is 304 g/mol. The van der Waals surface area contributed by atoms with E-state index < -0.39 is 6.61 Å². The molecular formula is C13H12ClF2NOS. The van der Waals surface area contributed by atoms with Crippen molar-refractivity contribution in [1.82, 2.24) is 0 Å². The van der Waals surface area contributed by atoms with Gasteiger partial charge in [-0.05, 0) is 48.2 Å². The molecule has 0 spiro atoms. The molecule has 0 radical (unpaired) electrons. The molecule has 0 aliphatic rings. The Labute approximate surface area is 119 Å². The van der Waals surface area contributed by atoms with Gasteiger partial charge in [-0.25, -0.2) is 0 Å². The Hall–Kier alpha value is -1.33. The third kappa shape index (κ3) is 4.08. The first-order chi connectivity index (χ1) is 9.04. The quantitative estimate of drug-likeness (QED) is 0.822. The molecule has 2 rings (SSSR count). The largest absolute Gasteiger partial charge is 0.435 e. The van der Waals surface area contributed by atoms with E-state index in [1.807, 2.05) is 18.4 Å². The van der Waals surface area contributed by atoms with E-state index in [4.69, 9.17) is 11.6 Å². The van der Waals surface area contributed by atoms with Gasteiger partial charge in [-0.15, -0.1) is 11.3 Å². The minimum Gasteiger partial charge on any atom is -0.435 e. The second-order valence-electron chi connectivity index (χ2n) is 3.95. The maximum atomic E-state index is 12.0. The molecule has 0 saturated heterocycles. The number of alkyl halides is 2. The normalized spacial score (nSPS) is 12.5.